The summed E-state index contributed by atoms with van der Waals surface area (Å²) in [5.41, 5.74) is 10.7. The van der Waals surface area contributed by atoms with Gasteiger partial charge in [0.05, 0.1) is 0 Å². The predicted molar refractivity (Wildman–Crippen MR) is 87.3 cm³/mol. The lowest BCUT2D eigenvalue weighted by Gasteiger charge is -2.07. The molecule has 1 aromatic heterocycles. The summed E-state index contributed by atoms with van der Waals surface area (Å²) in [7, 11) is 0. The fourth-order valence-corrected chi connectivity index (χ4v) is 2.95. The molecular weight excluding hydrogens is 260 g/mol. The average Bonchev–Trinajstić information content (AvgIpc) is 2.87. The lowest BCUT2D eigenvalue weighted by atomic mass is 9.98. The number of para-hydroxylation sites is 1. The van der Waals surface area contributed by atoms with E-state index in [2.05, 4.69) is 4.98 Å². The van der Waals surface area contributed by atoms with E-state index in [0.29, 0.717) is 0 Å². The van der Waals surface area contributed by atoms with Crippen LogP contribution in [0.4, 0.5) is 5.69 Å². The molecule has 4 rings (SSSR count). The fraction of sp³-hybridized carbons (Fsp3) is 0. The number of nitrogens with two attached hydrogens (primary N) is 1. The number of benzene rings is 3. The molecule has 0 spiro atoms. The number of rotatable bonds is 1. The summed E-state index contributed by atoms with van der Waals surface area (Å²) in [5.74, 6) is 0.272. The molecule has 0 unspecified atom stereocenters. The van der Waals surface area contributed by atoms with Gasteiger partial charge in [0.15, 0.2) is 0 Å². The maximum Gasteiger partial charge on any atom is 0.123 e. The Hall–Kier alpha value is -2.94. The van der Waals surface area contributed by atoms with Crippen molar-refractivity contribution < 1.29 is 5.11 Å². The van der Waals surface area contributed by atoms with Crippen LogP contribution in [-0.2, 0) is 0 Å². The normalized spacial score (nSPS) is 11.2. The minimum Gasteiger partial charge on any atom is -0.507 e. The molecule has 4 aromatic rings. The Kier molecular flexibility index (Phi) is 2.42. The minimum atomic E-state index is 0.272. The van der Waals surface area contributed by atoms with Crippen molar-refractivity contribution in [1.82, 2.24) is 4.98 Å². The number of anilines is 1. The Labute approximate surface area is 121 Å². The average molecular weight is 274 g/mol. The monoisotopic (exact) mass is 274 g/mol. The van der Waals surface area contributed by atoms with Gasteiger partial charge in [-0.25, -0.2) is 0 Å². The Morgan fingerprint density at radius 2 is 1.38 bits per heavy atom. The maximum atomic E-state index is 10.2. The highest BCUT2D eigenvalue weighted by Crippen LogP contribution is 2.39. The number of nitrogen functional groups attached to an aromatic ring is 1. The van der Waals surface area contributed by atoms with E-state index in [1.807, 2.05) is 54.6 Å². The number of nitrogens with one attached hydrogen (secondary N) is 1. The van der Waals surface area contributed by atoms with E-state index >= 15 is 0 Å². The van der Waals surface area contributed by atoms with Crippen LogP contribution in [0.1, 0.15) is 0 Å². The first-order chi connectivity index (χ1) is 10.3. The van der Waals surface area contributed by atoms with Gasteiger partial charge < -0.3 is 15.8 Å². The summed E-state index contributed by atoms with van der Waals surface area (Å²) in [4.78, 5) is 3.39. The van der Waals surface area contributed by atoms with Crippen molar-refractivity contribution in [2.24, 2.45) is 0 Å². The third kappa shape index (κ3) is 1.68. The van der Waals surface area contributed by atoms with Crippen LogP contribution < -0.4 is 5.73 Å². The van der Waals surface area contributed by atoms with Gasteiger partial charge in [0, 0.05) is 33.1 Å². The molecular formula is C18H14N2O. The molecule has 4 N–H and O–H groups in total. The Morgan fingerprint density at radius 3 is 2.19 bits per heavy atom. The summed E-state index contributed by atoms with van der Waals surface area (Å²) in [6.07, 6.45) is 0. The van der Waals surface area contributed by atoms with Crippen molar-refractivity contribution in [1.29, 1.82) is 0 Å². The lowest BCUT2D eigenvalue weighted by molar-refractivity contribution is 0.477. The van der Waals surface area contributed by atoms with E-state index in [1.165, 1.54) is 0 Å². The third-order valence-corrected chi connectivity index (χ3v) is 3.87. The van der Waals surface area contributed by atoms with Gasteiger partial charge in [0.2, 0.25) is 0 Å². The van der Waals surface area contributed by atoms with Gasteiger partial charge in [-0.1, -0.05) is 36.4 Å². The van der Waals surface area contributed by atoms with Crippen molar-refractivity contribution in [3.8, 4) is 16.9 Å². The van der Waals surface area contributed by atoms with Gasteiger partial charge in [-0.05, 0) is 29.8 Å². The zero-order chi connectivity index (χ0) is 14.4. The molecule has 0 aliphatic rings. The van der Waals surface area contributed by atoms with Crippen LogP contribution in [0.15, 0.2) is 60.7 Å². The number of phenolic OH excluding ortho intramolecular Hbond substituents is 1. The standard InChI is InChI=1S/C18H14N2O/c19-13-7-4-9-15-18(13)17-12(6-3-8-14(17)20-15)11-5-1-2-10-16(11)21/h1-10,20-21H,19H2. The molecule has 3 nitrogen and oxygen atoms in total. The van der Waals surface area contributed by atoms with E-state index in [4.69, 9.17) is 5.73 Å². The predicted octanol–water partition coefficient (Wildman–Crippen LogP) is 4.28. The van der Waals surface area contributed by atoms with Crippen molar-refractivity contribution in [2.75, 3.05) is 5.73 Å². The molecule has 0 saturated carbocycles. The zero-order valence-corrected chi connectivity index (χ0v) is 11.3. The maximum absolute atomic E-state index is 10.2. The highest BCUT2D eigenvalue weighted by atomic mass is 16.3. The first-order valence-electron chi connectivity index (χ1n) is 6.83. The van der Waals surface area contributed by atoms with Crippen LogP contribution in [-0.4, -0.2) is 10.1 Å². The van der Waals surface area contributed by atoms with E-state index in [9.17, 15) is 5.11 Å². The second-order valence-corrected chi connectivity index (χ2v) is 5.14. The van der Waals surface area contributed by atoms with Gasteiger partial charge in [-0.3, -0.25) is 0 Å². The number of aromatic amines is 1. The fourth-order valence-electron chi connectivity index (χ4n) is 2.95. The SMILES string of the molecule is Nc1cccc2[nH]c3cccc(-c4ccccc4O)c3c12. The molecule has 0 amide bonds. The topological polar surface area (TPSA) is 62.0 Å². The first kappa shape index (κ1) is 11.9. The highest BCUT2D eigenvalue weighted by molar-refractivity contribution is 6.18. The molecule has 0 aliphatic heterocycles. The summed E-state index contributed by atoms with van der Waals surface area (Å²) >= 11 is 0. The second-order valence-electron chi connectivity index (χ2n) is 5.14. The van der Waals surface area contributed by atoms with E-state index in [1.54, 1.807) is 6.07 Å². The Morgan fingerprint density at radius 1 is 0.714 bits per heavy atom. The van der Waals surface area contributed by atoms with Gasteiger partial charge in [0.1, 0.15) is 5.75 Å². The summed E-state index contributed by atoms with van der Waals surface area (Å²) in [6.45, 7) is 0. The van der Waals surface area contributed by atoms with E-state index < -0.39 is 0 Å². The molecule has 0 atom stereocenters. The minimum absolute atomic E-state index is 0.272. The molecule has 3 heteroatoms. The van der Waals surface area contributed by atoms with Gasteiger partial charge in [-0.2, -0.15) is 0 Å². The van der Waals surface area contributed by atoms with Crippen LogP contribution in [0.3, 0.4) is 0 Å². The number of hydrogen-bond acceptors (Lipinski definition) is 2. The van der Waals surface area contributed by atoms with Crippen molar-refractivity contribution in [3.63, 3.8) is 0 Å². The first-order valence-corrected chi connectivity index (χ1v) is 6.83. The van der Waals surface area contributed by atoms with Crippen LogP contribution in [0.5, 0.6) is 5.75 Å². The number of aromatic hydroxyl groups is 1. The number of aromatic nitrogens is 1. The molecule has 0 saturated heterocycles. The number of hydrogen-bond donors (Lipinski definition) is 3. The van der Waals surface area contributed by atoms with E-state index in [-0.39, 0.29) is 5.75 Å². The molecule has 0 fully saturated rings. The Bertz CT molecular complexity index is 969. The highest BCUT2D eigenvalue weighted by Gasteiger charge is 2.13. The summed E-state index contributed by atoms with van der Waals surface area (Å²) < 4.78 is 0. The molecule has 0 aliphatic carbocycles. The van der Waals surface area contributed by atoms with Crippen LogP contribution >= 0.6 is 0 Å². The largest absolute Gasteiger partial charge is 0.507 e. The van der Waals surface area contributed by atoms with Gasteiger partial charge >= 0.3 is 0 Å². The number of phenols is 1. The van der Waals surface area contributed by atoms with Crippen molar-refractivity contribution in [3.05, 3.63) is 60.7 Å². The van der Waals surface area contributed by atoms with Gasteiger partial charge in [-0.15, -0.1) is 0 Å². The van der Waals surface area contributed by atoms with Crippen molar-refractivity contribution >= 4 is 27.5 Å². The Balaban J connectivity index is 2.20. The van der Waals surface area contributed by atoms with Crippen LogP contribution in [0, 0.1) is 0 Å². The van der Waals surface area contributed by atoms with Crippen LogP contribution in [0.2, 0.25) is 0 Å². The van der Waals surface area contributed by atoms with Gasteiger partial charge in [0.25, 0.3) is 0 Å². The van der Waals surface area contributed by atoms with Crippen molar-refractivity contribution in [2.45, 2.75) is 0 Å². The number of fused-ring (bicyclic) bond motifs is 3. The smallest absolute Gasteiger partial charge is 0.123 e. The second kappa shape index (κ2) is 4.28. The zero-order valence-electron chi connectivity index (χ0n) is 11.3. The molecule has 3 aromatic carbocycles. The van der Waals surface area contributed by atoms with Crippen LogP contribution in [0.25, 0.3) is 32.9 Å². The summed E-state index contributed by atoms with van der Waals surface area (Å²) in [6, 6.07) is 19.2. The lowest BCUT2D eigenvalue weighted by Crippen LogP contribution is -1.86. The molecule has 0 bridgehead atoms. The molecule has 21 heavy (non-hydrogen) atoms. The third-order valence-electron chi connectivity index (χ3n) is 3.87. The molecule has 0 radical (unpaired) electrons. The molecule has 102 valence electrons. The summed E-state index contributed by atoms with van der Waals surface area (Å²) in [5, 5.41) is 12.2. The number of H-pyrrole nitrogens is 1. The van der Waals surface area contributed by atoms with E-state index in [0.717, 1.165) is 38.6 Å². The quantitative estimate of drug-likeness (QED) is 0.454. The molecule has 1 heterocycles.